The molecule has 0 aliphatic heterocycles. The minimum Gasteiger partial charge on any atom is -0.628 e. The fourth-order valence-electron chi connectivity index (χ4n) is 0. The molecule has 5 heteroatoms. The van der Waals surface area contributed by atoms with Gasteiger partial charge in [0.1, 0.15) is 0 Å². The summed E-state index contributed by atoms with van der Waals surface area (Å²) >= 11 is 0. The van der Waals surface area contributed by atoms with Crippen LogP contribution >= 0.6 is 12.4 Å². The molecule has 0 fully saturated rings. The van der Waals surface area contributed by atoms with Crippen LogP contribution in [0, 0.1) is 10.6 Å². The first-order valence-corrected chi connectivity index (χ1v) is 1.06. The number of guanidine groups is 1. The maximum Gasteiger partial charge on any atom is 0.288 e. The highest BCUT2D eigenvalue weighted by atomic mass is 35.5. The first kappa shape index (κ1) is 9.19. The number of hydrogen-bond acceptors (Lipinski definition) is 2. The van der Waals surface area contributed by atoms with E-state index in [0.717, 1.165) is 0 Å². The Labute approximate surface area is 41.2 Å². The maximum absolute atomic E-state index is 9.16. The number of quaternary nitrogens is 1. The van der Waals surface area contributed by atoms with Crippen LogP contribution in [-0.2, 0) is 0 Å². The first-order chi connectivity index (χ1) is 2.27. The zero-order valence-electron chi connectivity index (χ0n) is 2.97. The zero-order valence-corrected chi connectivity index (χ0v) is 3.79. The Hall–Kier alpha value is -0.320. The topological polar surface area (TPSA) is 89.5 Å². The van der Waals surface area contributed by atoms with Gasteiger partial charge in [-0.1, -0.05) is 0 Å². The average molecular weight is 112 g/mol. The molecule has 6 heavy (non-hydrogen) atoms. The van der Waals surface area contributed by atoms with Crippen LogP contribution in [0.1, 0.15) is 0 Å². The molecule has 0 unspecified atom stereocenters. The molecule has 0 radical (unpaired) electrons. The van der Waals surface area contributed by atoms with Crippen molar-refractivity contribution in [3.8, 4) is 0 Å². The molecule has 0 aliphatic rings. The SMILES string of the molecule is Cl.N=C(N)[NH2+][O-]. The lowest BCUT2D eigenvalue weighted by atomic mass is 11.1. The van der Waals surface area contributed by atoms with Crippen LogP contribution in [-0.4, -0.2) is 5.96 Å². The van der Waals surface area contributed by atoms with Gasteiger partial charge in [-0.3, -0.25) is 0 Å². The molecule has 0 saturated heterocycles. The minimum atomic E-state index is -0.426. The van der Waals surface area contributed by atoms with E-state index in [1.54, 1.807) is 0 Å². The third-order valence-corrected chi connectivity index (χ3v) is 0.127. The van der Waals surface area contributed by atoms with Gasteiger partial charge >= 0.3 is 0 Å². The summed E-state index contributed by atoms with van der Waals surface area (Å²) in [4.78, 5) is 0. The van der Waals surface area contributed by atoms with Crippen molar-refractivity contribution in [2.45, 2.75) is 0 Å². The van der Waals surface area contributed by atoms with E-state index in [0.29, 0.717) is 0 Å². The summed E-state index contributed by atoms with van der Waals surface area (Å²) in [7, 11) is 0. The van der Waals surface area contributed by atoms with Crippen LogP contribution < -0.4 is 11.2 Å². The van der Waals surface area contributed by atoms with Crippen LogP contribution in [0.2, 0.25) is 0 Å². The average Bonchev–Trinajstić information content (AvgIpc) is 1.38. The molecule has 0 aromatic rings. The van der Waals surface area contributed by atoms with Gasteiger partial charge in [-0.05, 0) is 0 Å². The molecule has 0 saturated carbocycles. The summed E-state index contributed by atoms with van der Waals surface area (Å²) in [6.07, 6.45) is 0. The Morgan fingerprint density at radius 2 is 2.00 bits per heavy atom. The monoisotopic (exact) mass is 111 g/mol. The van der Waals surface area contributed by atoms with Crippen molar-refractivity contribution >= 4 is 18.4 Å². The van der Waals surface area contributed by atoms with Gasteiger partial charge in [0, 0.05) is 0 Å². The molecule has 0 atom stereocenters. The van der Waals surface area contributed by atoms with Crippen molar-refractivity contribution in [1.29, 1.82) is 5.41 Å². The van der Waals surface area contributed by atoms with Crippen molar-refractivity contribution < 1.29 is 5.48 Å². The Balaban J connectivity index is 0. The third kappa shape index (κ3) is 9.36. The molecule has 4 nitrogen and oxygen atoms in total. The van der Waals surface area contributed by atoms with Gasteiger partial charge in [0.2, 0.25) is 0 Å². The number of halogens is 1. The summed E-state index contributed by atoms with van der Waals surface area (Å²) in [5.41, 5.74) is 4.78. The molecule has 0 spiro atoms. The number of nitrogens with two attached hydrogens (primary N) is 2. The van der Waals surface area contributed by atoms with E-state index in [9.17, 15) is 0 Å². The number of nitrogens with one attached hydrogen (secondary N) is 1. The van der Waals surface area contributed by atoms with Crippen molar-refractivity contribution in [1.82, 2.24) is 0 Å². The second kappa shape index (κ2) is 4.68. The summed E-state index contributed by atoms with van der Waals surface area (Å²) < 4.78 is 0. The second-order valence-electron chi connectivity index (χ2n) is 0.573. The molecule has 38 valence electrons. The molecule has 0 aromatic carbocycles. The van der Waals surface area contributed by atoms with Crippen LogP contribution in [0.15, 0.2) is 0 Å². The number of rotatable bonds is 0. The van der Waals surface area contributed by atoms with E-state index in [1.807, 2.05) is 0 Å². The Bertz CT molecular complexity index is 46.1. The highest BCUT2D eigenvalue weighted by Crippen LogP contribution is 1.13. The van der Waals surface area contributed by atoms with E-state index >= 15 is 0 Å². The summed E-state index contributed by atoms with van der Waals surface area (Å²) in [5, 5.41) is 15.3. The highest BCUT2D eigenvalue weighted by molar-refractivity contribution is 5.85. The van der Waals surface area contributed by atoms with Gasteiger partial charge in [0.05, 0.1) is 0 Å². The molecular formula is CH6ClN3O. The normalized spacial score (nSPS) is 6.17. The Morgan fingerprint density at radius 3 is 2.00 bits per heavy atom. The van der Waals surface area contributed by atoms with Crippen molar-refractivity contribution in [2.75, 3.05) is 0 Å². The third-order valence-electron chi connectivity index (χ3n) is 0.127. The smallest absolute Gasteiger partial charge is 0.288 e. The number of hydroxylamine groups is 1. The highest BCUT2D eigenvalue weighted by Gasteiger charge is 1.68. The van der Waals surface area contributed by atoms with Crippen LogP contribution in [0.3, 0.4) is 0 Å². The first-order valence-electron chi connectivity index (χ1n) is 1.06. The predicted molar refractivity (Wildman–Crippen MR) is 24.5 cm³/mol. The molecule has 0 aromatic heterocycles. The quantitative estimate of drug-likeness (QED) is 0.199. The summed E-state index contributed by atoms with van der Waals surface area (Å²) in [5.74, 6) is -0.426. The molecule has 0 aliphatic carbocycles. The second-order valence-corrected chi connectivity index (χ2v) is 0.573. The Morgan fingerprint density at radius 1 is 1.83 bits per heavy atom. The van der Waals surface area contributed by atoms with E-state index < -0.39 is 5.96 Å². The fourth-order valence-corrected chi connectivity index (χ4v) is 0. The van der Waals surface area contributed by atoms with E-state index in [4.69, 9.17) is 10.6 Å². The standard InChI is InChI=1S/CH5N3O.ClH/c2-1(3)4-5;/h4H2,(H3,2,3);1H. The van der Waals surface area contributed by atoms with Crippen molar-refractivity contribution in [3.05, 3.63) is 5.21 Å². The van der Waals surface area contributed by atoms with Crippen molar-refractivity contribution in [3.63, 3.8) is 0 Å². The molecule has 0 bridgehead atoms. The van der Waals surface area contributed by atoms with Crippen molar-refractivity contribution in [2.24, 2.45) is 5.73 Å². The van der Waals surface area contributed by atoms with Gasteiger partial charge in [0.15, 0.2) is 0 Å². The molecular weight excluding hydrogens is 105 g/mol. The molecule has 0 rings (SSSR count). The largest absolute Gasteiger partial charge is 0.628 e. The molecule has 0 amide bonds. The van der Waals surface area contributed by atoms with Crippen LogP contribution in [0.5, 0.6) is 0 Å². The van der Waals surface area contributed by atoms with Crippen LogP contribution in [0.4, 0.5) is 0 Å². The van der Waals surface area contributed by atoms with Crippen LogP contribution in [0.25, 0.3) is 0 Å². The Kier molecular flexibility index (Phi) is 7.17. The van der Waals surface area contributed by atoms with Gasteiger partial charge in [-0.2, -0.15) is 0 Å². The zero-order chi connectivity index (χ0) is 4.28. The van der Waals surface area contributed by atoms with Gasteiger partial charge in [0.25, 0.3) is 5.96 Å². The molecule has 0 heterocycles. The summed E-state index contributed by atoms with van der Waals surface area (Å²) in [6, 6.07) is 0. The fraction of sp³-hybridized carbons (Fsp3) is 0. The minimum absolute atomic E-state index is 0. The predicted octanol–water partition coefficient (Wildman–Crippen LogP) is -1.64. The van der Waals surface area contributed by atoms with Gasteiger partial charge < -0.3 is 16.4 Å². The lowest BCUT2D eigenvalue weighted by Gasteiger charge is -1.90. The lowest BCUT2D eigenvalue weighted by molar-refractivity contribution is -0.465. The summed E-state index contributed by atoms with van der Waals surface area (Å²) in [6.45, 7) is 0. The van der Waals surface area contributed by atoms with E-state index in [2.05, 4.69) is 5.73 Å². The van der Waals surface area contributed by atoms with E-state index in [1.165, 1.54) is 0 Å². The number of hydrogen-bond donors (Lipinski definition) is 3. The maximum atomic E-state index is 9.16. The van der Waals surface area contributed by atoms with Gasteiger partial charge in [-0.25, -0.2) is 5.41 Å². The molecule has 5 N–H and O–H groups in total. The lowest BCUT2D eigenvalue weighted by Crippen LogP contribution is -2.84. The van der Waals surface area contributed by atoms with Gasteiger partial charge in [-0.15, -0.1) is 12.4 Å². The van der Waals surface area contributed by atoms with E-state index in [-0.39, 0.29) is 17.9 Å².